The highest BCUT2D eigenvalue weighted by Gasteiger charge is 2.23. The molecule has 0 bridgehead atoms. The highest BCUT2D eigenvalue weighted by atomic mass is 14.3. The van der Waals surface area contributed by atoms with Crippen LogP contribution < -0.4 is 0 Å². The molecule has 0 N–H and O–H groups in total. The molecule has 1 aliphatic rings. The lowest BCUT2D eigenvalue weighted by Gasteiger charge is -2.29. The summed E-state index contributed by atoms with van der Waals surface area (Å²) in [6.45, 7) is 4.68. The van der Waals surface area contributed by atoms with Crippen LogP contribution in [0.4, 0.5) is 0 Å². The summed E-state index contributed by atoms with van der Waals surface area (Å²) < 4.78 is 0. The smallest absolute Gasteiger partial charge is 0.0159 e. The second-order valence-electron chi connectivity index (χ2n) is 6.36. The van der Waals surface area contributed by atoms with Gasteiger partial charge >= 0.3 is 0 Å². The van der Waals surface area contributed by atoms with Crippen LogP contribution in [0.25, 0.3) is 0 Å². The highest BCUT2D eigenvalue weighted by molar-refractivity contribution is 5.35. The lowest BCUT2D eigenvalue weighted by atomic mass is 9.75. The van der Waals surface area contributed by atoms with E-state index < -0.39 is 0 Å². The number of fused-ring (bicyclic) bond motifs is 1. The molecule has 1 aromatic rings. The van der Waals surface area contributed by atoms with Crippen molar-refractivity contribution in [2.24, 2.45) is 0 Å². The van der Waals surface area contributed by atoms with Crippen LogP contribution in [0.15, 0.2) is 24.3 Å². The molecule has 0 saturated heterocycles. The highest BCUT2D eigenvalue weighted by Crippen LogP contribution is 2.40. The molecule has 0 heteroatoms. The molecule has 2 atom stereocenters. The summed E-state index contributed by atoms with van der Waals surface area (Å²) in [5.74, 6) is 1.62. The van der Waals surface area contributed by atoms with Gasteiger partial charge in [0.2, 0.25) is 0 Å². The fourth-order valence-corrected chi connectivity index (χ4v) is 3.56. The van der Waals surface area contributed by atoms with Crippen molar-refractivity contribution in [3.05, 3.63) is 35.4 Å². The summed E-state index contributed by atoms with van der Waals surface area (Å²) in [4.78, 5) is 0. The van der Waals surface area contributed by atoms with E-state index in [2.05, 4.69) is 38.1 Å². The van der Waals surface area contributed by atoms with E-state index in [-0.39, 0.29) is 0 Å². The van der Waals surface area contributed by atoms with Crippen LogP contribution in [0, 0.1) is 0 Å². The van der Waals surface area contributed by atoms with E-state index in [1.807, 2.05) is 0 Å². The first-order chi connectivity index (χ1) is 9.33. The molecule has 0 radical (unpaired) electrons. The first-order valence-electron chi connectivity index (χ1n) is 8.41. The van der Waals surface area contributed by atoms with Crippen molar-refractivity contribution in [3.8, 4) is 0 Å². The molecular formula is C19H30. The molecular weight excluding hydrogens is 228 g/mol. The fourth-order valence-electron chi connectivity index (χ4n) is 3.56. The van der Waals surface area contributed by atoms with Gasteiger partial charge in [-0.2, -0.15) is 0 Å². The Morgan fingerprint density at radius 3 is 2.37 bits per heavy atom. The first kappa shape index (κ1) is 14.6. The monoisotopic (exact) mass is 258 g/mol. The zero-order valence-electron chi connectivity index (χ0n) is 12.8. The van der Waals surface area contributed by atoms with Gasteiger partial charge in [0.05, 0.1) is 0 Å². The molecule has 2 unspecified atom stereocenters. The summed E-state index contributed by atoms with van der Waals surface area (Å²) >= 11 is 0. The first-order valence-corrected chi connectivity index (χ1v) is 8.41. The summed E-state index contributed by atoms with van der Waals surface area (Å²) in [5, 5.41) is 0. The van der Waals surface area contributed by atoms with E-state index in [1.165, 1.54) is 57.8 Å². The maximum absolute atomic E-state index is 2.39. The Morgan fingerprint density at radius 2 is 1.58 bits per heavy atom. The summed E-state index contributed by atoms with van der Waals surface area (Å²) in [6, 6.07) is 9.17. The molecule has 0 heterocycles. The Morgan fingerprint density at radius 1 is 0.895 bits per heavy atom. The van der Waals surface area contributed by atoms with Gasteiger partial charge in [-0.25, -0.2) is 0 Å². The summed E-state index contributed by atoms with van der Waals surface area (Å²) in [7, 11) is 0. The Labute approximate surface area is 119 Å². The molecule has 0 spiro atoms. The van der Waals surface area contributed by atoms with Crippen molar-refractivity contribution in [2.75, 3.05) is 0 Å². The molecule has 0 fully saturated rings. The third kappa shape index (κ3) is 4.09. The number of hydrogen-bond acceptors (Lipinski definition) is 0. The van der Waals surface area contributed by atoms with Gasteiger partial charge in [-0.15, -0.1) is 0 Å². The van der Waals surface area contributed by atoms with Crippen LogP contribution in [-0.4, -0.2) is 0 Å². The van der Waals surface area contributed by atoms with Crippen LogP contribution in [-0.2, 0) is 0 Å². The van der Waals surface area contributed by atoms with Gasteiger partial charge in [-0.3, -0.25) is 0 Å². The van der Waals surface area contributed by atoms with Crippen LogP contribution in [0.1, 0.15) is 94.6 Å². The number of benzene rings is 1. The quantitative estimate of drug-likeness (QED) is 0.495. The van der Waals surface area contributed by atoms with Crippen LogP contribution in [0.5, 0.6) is 0 Å². The van der Waals surface area contributed by atoms with E-state index in [4.69, 9.17) is 0 Å². The summed E-state index contributed by atoms with van der Waals surface area (Å²) in [5.41, 5.74) is 3.29. The molecule has 1 aliphatic carbocycles. The largest absolute Gasteiger partial charge is 0.0654 e. The van der Waals surface area contributed by atoms with Crippen molar-refractivity contribution >= 4 is 0 Å². The minimum absolute atomic E-state index is 0.775. The van der Waals surface area contributed by atoms with Crippen LogP contribution >= 0.6 is 0 Å². The SMILES string of the molecule is CCCCCCCCC1CCC(C)c2ccccc21. The van der Waals surface area contributed by atoms with E-state index in [9.17, 15) is 0 Å². The second kappa shape index (κ2) is 7.72. The van der Waals surface area contributed by atoms with Gasteiger partial charge in [-0.1, -0.05) is 76.6 Å². The van der Waals surface area contributed by atoms with Gasteiger partial charge in [0.1, 0.15) is 0 Å². The predicted octanol–water partition coefficient (Wildman–Crippen LogP) is 6.42. The van der Waals surface area contributed by atoms with E-state index >= 15 is 0 Å². The van der Waals surface area contributed by atoms with Crippen molar-refractivity contribution in [3.63, 3.8) is 0 Å². The average Bonchev–Trinajstić information content (AvgIpc) is 2.45. The normalized spacial score (nSPS) is 22.2. The van der Waals surface area contributed by atoms with Gasteiger partial charge in [0.25, 0.3) is 0 Å². The van der Waals surface area contributed by atoms with E-state index in [1.54, 1.807) is 11.1 Å². The third-order valence-corrected chi connectivity index (χ3v) is 4.82. The molecule has 1 aromatic carbocycles. The Hall–Kier alpha value is -0.780. The van der Waals surface area contributed by atoms with Crippen LogP contribution in [0.2, 0.25) is 0 Å². The molecule has 2 rings (SSSR count). The van der Waals surface area contributed by atoms with Crippen molar-refractivity contribution < 1.29 is 0 Å². The fraction of sp³-hybridized carbons (Fsp3) is 0.684. The minimum Gasteiger partial charge on any atom is -0.0654 e. The molecule has 0 amide bonds. The maximum atomic E-state index is 2.39. The lowest BCUT2D eigenvalue weighted by Crippen LogP contribution is -2.12. The number of hydrogen-bond donors (Lipinski definition) is 0. The topological polar surface area (TPSA) is 0 Å². The zero-order valence-corrected chi connectivity index (χ0v) is 12.8. The third-order valence-electron chi connectivity index (χ3n) is 4.82. The number of unbranched alkanes of at least 4 members (excludes halogenated alkanes) is 5. The van der Waals surface area contributed by atoms with E-state index in [0.29, 0.717) is 0 Å². The van der Waals surface area contributed by atoms with E-state index in [0.717, 1.165) is 11.8 Å². The zero-order chi connectivity index (χ0) is 13.5. The molecule has 0 nitrogen and oxygen atoms in total. The molecule has 0 aromatic heterocycles. The Kier molecular flexibility index (Phi) is 5.94. The standard InChI is InChI=1S/C19H30/c1-3-4-5-6-7-8-11-17-15-14-16(2)18-12-9-10-13-19(17)18/h9-10,12-13,16-17H,3-8,11,14-15H2,1-2H3. The maximum Gasteiger partial charge on any atom is -0.0159 e. The molecule has 106 valence electrons. The van der Waals surface area contributed by atoms with Gasteiger partial charge < -0.3 is 0 Å². The number of rotatable bonds is 7. The Balaban J connectivity index is 1.80. The molecule has 19 heavy (non-hydrogen) atoms. The Bertz CT molecular complexity index is 366. The van der Waals surface area contributed by atoms with Crippen molar-refractivity contribution in [2.45, 2.75) is 83.5 Å². The molecule has 0 saturated carbocycles. The van der Waals surface area contributed by atoms with Crippen molar-refractivity contribution in [1.82, 2.24) is 0 Å². The lowest BCUT2D eigenvalue weighted by molar-refractivity contribution is 0.456. The minimum atomic E-state index is 0.775. The summed E-state index contributed by atoms with van der Waals surface area (Å²) in [6.07, 6.45) is 12.7. The van der Waals surface area contributed by atoms with Gasteiger partial charge in [0.15, 0.2) is 0 Å². The van der Waals surface area contributed by atoms with Crippen molar-refractivity contribution in [1.29, 1.82) is 0 Å². The van der Waals surface area contributed by atoms with Gasteiger partial charge in [0, 0.05) is 0 Å². The predicted molar refractivity (Wildman–Crippen MR) is 84.8 cm³/mol. The second-order valence-corrected chi connectivity index (χ2v) is 6.36. The molecule has 0 aliphatic heterocycles. The van der Waals surface area contributed by atoms with Gasteiger partial charge in [-0.05, 0) is 42.2 Å². The van der Waals surface area contributed by atoms with Crippen LogP contribution in [0.3, 0.4) is 0 Å². The average molecular weight is 258 g/mol.